The van der Waals surface area contributed by atoms with Crippen LogP contribution in [0.15, 0.2) is 36.4 Å². The molecule has 4 heteroatoms. The first-order chi connectivity index (χ1) is 15.3. The van der Waals surface area contributed by atoms with Crippen LogP contribution in [-0.4, -0.2) is 20.9 Å². The Kier molecular flexibility index (Phi) is 13.6. The Labute approximate surface area is 189 Å². The second-order valence-electron chi connectivity index (χ2n) is 8.78. The van der Waals surface area contributed by atoms with Gasteiger partial charge in [-0.2, -0.15) is 4.68 Å². The summed E-state index contributed by atoms with van der Waals surface area (Å²) in [5.41, 5.74) is 1.56. The predicted molar refractivity (Wildman–Crippen MR) is 131 cm³/mol. The van der Waals surface area contributed by atoms with Crippen molar-refractivity contribution in [2.45, 2.75) is 116 Å². The number of benzene rings is 1. The van der Waals surface area contributed by atoms with Crippen molar-refractivity contribution in [1.29, 1.82) is 0 Å². The van der Waals surface area contributed by atoms with Crippen LogP contribution in [0, 0.1) is 0 Å². The molecule has 0 aliphatic carbocycles. The Morgan fingerprint density at radius 2 is 1.32 bits per heavy atom. The summed E-state index contributed by atoms with van der Waals surface area (Å²) in [4.78, 5) is 12.3. The summed E-state index contributed by atoms with van der Waals surface area (Å²) < 4.78 is 1.43. The van der Waals surface area contributed by atoms with Gasteiger partial charge in [-0.25, -0.2) is 0 Å². The van der Waals surface area contributed by atoms with Gasteiger partial charge < -0.3 is 0 Å². The lowest BCUT2D eigenvalue weighted by Gasteiger charge is -2.03. The van der Waals surface area contributed by atoms with Crippen molar-refractivity contribution in [3.63, 3.8) is 0 Å². The van der Waals surface area contributed by atoms with Gasteiger partial charge in [0.15, 0.2) is 0 Å². The molecular formula is C27H43N3O. The van der Waals surface area contributed by atoms with Crippen molar-refractivity contribution in [3.05, 3.63) is 36.4 Å². The summed E-state index contributed by atoms with van der Waals surface area (Å²) in [7, 11) is 0. The molecule has 0 saturated carbocycles. The zero-order chi connectivity index (χ0) is 22.0. The number of aromatic nitrogens is 3. The van der Waals surface area contributed by atoms with Gasteiger partial charge in [-0.3, -0.25) is 4.79 Å². The first-order valence-electron chi connectivity index (χ1n) is 12.8. The number of carbonyl (C=O) groups excluding carboxylic acids is 1. The highest BCUT2D eigenvalue weighted by atomic mass is 16.2. The summed E-state index contributed by atoms with van der Waals surface area (Å²) in [6.07, 6.45) is 26.3. The zero-order valence-electron chi connectivity index (χ0n) is 19.7. The molecule has 2 aromatic rings. The Morgan fingerprint density at radius 3 is 1.97 bits per heavy atom. The summed E-state index contributed by atoms with van der Waals surface area (Å²) in [6, 6.07) is 7.58. The number of hydrogen-bond acceptors (Lipinski definition) is 3. The van der Waals surface area contributed by atoms with Crippen molar-refractivity contribution in [3.8, 4) is 0 Å². The van der Waals surface area contributed by atoms with Crippen LogP contribution in [0.5, 0.6) is 0 Å². The monoisotopic (exact) mass is 425 g/mol. The van der Waals surface area contributed by atoms with E-state index in [4.69, 9.17) is 0 Å². The number of para-hydroxylation sites is 1. The van der Waals surface area contributed by atoms with E-state index in [0.29, 0.717) is 6.42 Å². The lowest BCUT2D eigenvalue weighted by atomic mass is 10.0. The molecule has 0 N–H and O–H groups in total. The number of hydrogen-bond donors (Lipinski definition) is 0. The number of carbonyl (C=O) groups is 1. The fourth-order valence-corrected chi connectivity index (χ4v) is 4.06. The molecule has 0 unspecified atom stereocenters. The van der Waals surface area contributed by atoms with E-state index in [1.807, 2.05) is 24.3 Å². The molecule has 0 atom stereocenters. The van der Waals surface area contributed by atoms with Gasteiger partial charge in [0.25, 0.3) is 0 Å². The van der Waals surface area contributed by atoms with Crippen LogP contribution in [0.2, 0.25) is 0 Å². The van der Waals surface area contributed by atoms with E-state index < -0.39 is 0 Å². The maximum atomic E-state index is 12.3. The third-order valence-corrected chi connectivity index (χ3v) is 6.00. The molecule has 0 radical (unpaired) electrons. The molecule has 1 heterocycles. The highest BCUT2D eigenvalue weighted by Gasteiger charge is 2.10. The molecule has 0 bridgehead atoms. The minimum atomic E-state index is 0.00911. The van der Waals surface area contributed by atoms with Gasteiger partial charge in [0, 0.05) is 6.42 Å². The van der Waals surface area contributed by atoms with Gasteiger partial charge in [-0.1, -0.05) is 120 Å². The molecule has 0 aliphatic rings. The molecule has 1 aromatic heterocycles. The van der Waals surface area contributed by atoms with Crippen molar-refractivity contribution < 1.29 is 4.79 Å². The summed E-state index contributed by atoms with van der Waals surface area (Å²) in [5.74, 6) is 0.00911. The summed E-state index contributed by atoms with van der Waals surface area (Å²) in [6.45, 7) is 2.28. The number of nitrogens with zero attached hydrogens (tertiary/aromatic N) is 3. The molecule has 172 valence electrons. The SMILES string of the molecule is CCCCCCCCCCCCCCCC/C=C/CCC(=O)n1nnc2ccccc21. The molecular weight excluding hydrogens is 382 g/mol. The number of rotatable bonds is 18. The lowest BCUT2D eigenvalue weighted by Crippen LogP contribution is -2.11. The standard InChI is InChI=1S/C27H43N3O/c1-2-3-4-5-6-7-8-9-10-11-12-13-14-15-16-17-18-19-24-27(31)30-26-23-21-20-22-25(26)28-29-30/h17-18,20-23H,2-16,19,24H2,1H3/b18-17+. The van der Waals surface area contributed by atoms with E-state index in [-0.39, 0.29) is 5.91 Å². The second-order valence-corrected chi connectivity index (χ2v) is 8.78. The fraction of sp³-hybridized carbons (Fsp3) is 0.667. The van der Waals surface area contributed by atoms with Gasteiger partial charge in [0.05, 0.1) is 5.52 Å². The minimum Gasteiger partial charge on any atom is -0.272 e. The van der Waals surface area contributed by atoms with Gasteiger partial charge in [0.1, 0.15) is 5.52 Å². The molecule has 0 fully saturated rings. The lowest BCUT2D eigenvalue weighted by molar-refractivity contribution is 0.0891. The Balaban J connectivity index is 1.37. The highest BCUT2D eigenvalue weighted by Crippen LogP contribution is 2.14. The third-order valence-electron chi connectivity index (χ3n) is 6.00. The first kappa shape index (κ1) is 25.3. The van der Waals surface area contributed by atoms with Crippen LogP contribution in [0.4, 0.5) is 0 Å². The Morgan fingerprint density at radius 1 is 0.774 bits per heavy atom. The molecule has 31 heavy (non-hydrogen) atoms. The molecule has 2 rings (SSSR count). The topological polar surface area (TPSA) is 47.8 Å². The smallest absolute Gasteiger partial charge is 0.249 e. The average Bonchev–Trinajstić information content (AvgIpc) is 3.22. The van der Waals surface area contributed by atoms with E-state index in [9.17, 15) is 4.79 Å². The molecule has 0 aliphatic heterocycles. The molecule has 0 saturated heterocycles. The molecule has 1 aromatic carbocycles. The van der Waals surface area contributed by atoms with Crippen molar-refractivity contribution in [1.82, 2.24) is 15.0 Å². The van der Waals surface area contributed by atoms with E-state index in [1.165, 1.54) is 94.6 Å². The zero-order valence-corrected chi connectivity index (χ0v) is 19.7. The van der Waals surface area contributed by atoms with Crippen LogP contribution in [0.25, 0.3) is 11.0 Å². The van der Waals surface area contributed by atoms with E-state index >= 15 is 0 Å². The Bertz CT molecular complexity index is 750. The van der Waals surface area contributed by atoms with Crippen molar-refractivity contribution >= 4 is 16.9 Å². The van der Waals surface area contributed by atoms with Crippen LogP contribution in [0.1, 0.15) is 121 Å². The van der Waals surface area contributed by atoms with E-state index in [0.717, 1.165) is 23.9 Å². The number of allylic oxidation sites excluding steroid dienone is 2. The van der Waals surface area contributed by atoms with Crippen LogP contribution >= 0.6 is 0 Å². The fourth-order valence-electron chi connectivity index (χ4n) is 4.06. The highest BCUT2D eigenvalue weighted by molar-refractivity contribution is 5.88. The van der Waals surface area contributed by atoms with Gasteiger partial charge in [-0.15, -0.1) is 5.10 Å². The Hall–Kier alpha value is -1.97. The number of fused-ring (bicyclic) bond motifs is 1. The van der Waals surface area contributed by atoms with Gasteiger partial charge >= 0.3 is 0 Å². The average molecular weight is 426 g/mol. The first-order valence-corrected chi connectivity index (χ1v) is 12.8. The maximum absolute atomic E-state index is 12.3. The van der Waals surface area contributed by atoms with Crippen LogP contribution in [0.3, 0.4) is 0 Å². The molecule has 0 spiro atoms. The quantitative estimate of drug-likeness (QED) is 0.178. The summed E-state index contributed by atoms with van der Waals surface area (Å²) >= 11 is 0. The second kappa shape index (κ2) is 16.7. The number of unbranched alkanes of at least 4 members (excludes halogenated alkanes) is 14. The van der Waals surface area contributed by atoms with Gasteiger partial charge in [0.2, 0.25) is 5.91 Å². The van der Waals surface area contributed by atoms with Crippen LogP contribution in [-0.2, 0) is 0 Å². The van der Waals surface area contributed by atoms with E-state index in [2.05, 4.69) is 29.4 Å². The van der Waals surface area contributed by atoms with Crippen LogP contribution < -0.4 is 0 Å². The largest absolute Gasteiger partial charge is 0.272 e. The molecule has 0 amide bonds. The van der Waals surface area contributed by atoms with Crippen molar-refractivity contribution in [2.24, 2.45) is 0 Å². The minimum absolute atomic E-state index is 0.00911. The molecule has 4 nitrogen and oxygen atoms in total. The predicted octanol–water partition coefficient (Wildman–Crippen LogP) is 8.28. The third kappa shape index (κ3) is 10.8. The van der Waals surface area contributed by atoms with Crippen molar-refractivity contribution in [2.75, 3.05) is 0 Å². The summed E-state index contributed by atoms with van der Waals surface area (Å²) in [5, 5.41) is 8.03. The van der Waals surface area contributed by atoms with E-state index in [1.54, 1.807) is 0 Å². The maximum Gasteiger partial charge on any atom is 0.249 e. The van der Waals surface area contributed by atoms with Gasteiger partial charge in [-0.05, 0) is 31.4 Å². The normalized spacial score (nSPS) is 11.6.